The first-order valence-electron chi connectivity index (χ1n) is 11.1. The van der Waals surface area contributed by atoms with Crippen LogP contribution in [0.25, 0.3) is 0 Å². The van der Waals surface area contributed by atoms with Gasteiger partial charge in [0, 0.05) is 5.56 Å². The number of hydrogen-bond acceptors (Lipinski definition) is 6. The van der Waals surface area contributed by atoms with Crippen molar-refractivity contribution in [2.45, 2.75) is 26.9 Å². The lowest BCUT2D eigenvalue weighted by Crippen LogP contribution is -2.17. The molecule has 3 aromatic carbocycles. The van der Waals surface area contributed by atoms with Crippen molar-refractivity contribution in [2.75, 3.05) is 13.2 Å². The first-order valence-corrected chi connectivity index (χ1v) is 11.1. The monoisotopic (exact) mass is 457 g/mol. The molecule has 1 N–H and O–H groups in total. The van der Waals surface area contributed by atoms with Crippen LogP contribution in [0.3, 0.4) is 0 Å². The van der Waals surface area contributed by atoms with Gasteiger partial charge in [0.1, 0.15) is 12.4 Å². The molecular weight excluding hydrogens is 430 g/mol. The molecule has 0 saturated heterocycles. The minimum Gasteiger partial charge on any atom is -0.494 e. The van der Waals surface area contributed by atoms with Crippen molar-refractivity contribution in [1.29, 1.82) is 5.26 Å². The molecule has 7 heteroatoms. The SMILES string of the molecule is CCCOc1ccc(C(=O)N/N=C\c2ccc(OCc3ccc(C#N)cc3)c(OCC)c2)cc1. The number of ether oxygens (including phenoxy) is 3. The molecule has 174 valence electrons. The normalized spacial score (nSPS) is 10.5. The first-order chi connectivity index (χ1) is 16.6. The molecule has 0 radical (unpaired) electrons. The van der Waals surface area contributed by atoms with Crippen molar-refractivity contribution in [1.82, 2.24) is 5.43 Å². The Morgan fingerprint density at radius 2 is 1.74 bits per heavy atom. The number of carbonyl (C=O) groups is 1. The molecule has 0 heterocycles. The number of amides is 1. The van der Waals surface area contributed by atoms with Gasteiger partial charge in [-0.15, -0.1) is 0 Å². The van der Waals surface area contributed by atoms with Crippen molar-refractivity contribution >= 4 is 12.1 Å². The number of nitrogens with one attached hydrogen (secondary N) is 1. The summed E-state index contributed by atoms with van der Waals surface area (Å²) in [4.78, 5) is 12.3. The lowest BCUT2D eigenvalue weighted by Gasteiger charge is -2.12. The second-order valence-electron chi connectivity index (χ2n) is 7.31. The Balaban J connectivity index is 1.60. The minimum atomic E-state index is -0.314. The Labute approximate surface area is 199 Å². The molecule has 0 spiro atoms. The third kappa shape index (κ3) is 7.10. The zero-order chi connectivity index (χ0) is 24.2. The Hall–Kier alpha value is -4.31. The van der Waals surface area contributed by atoms with Crippen molar-refractivity contribution in [2.24, 2.45) is 5.10 Å². The maximum atomic E-state index is 12.3. The summed E-state index contributed by atoms with van der Waals surface area (Å²) in [6.45, 7) is 5.39. The second kappa shape index (κ2) is 12.7. The van der Waals surface area contributed by atoms with Crippen molar-refractivity contribution in [3.8, 4) is 23.3 Å². The number of hydrazone groups is 1. The van der Waals surface area contributed by atoms with Gasteiger partial charge in [-0.3, -0.25) is 4.79 Å². The number of hydrogen-bond donors (Lipinski definition) is 1. The van der Waals surface area contributed by atoms with Crippen LogP contribution >= 0.6 is 0 Å². The van der Waals surface area contributed by atoms with E-state index in [4.69, 9.17) is 19.5 Å². The highest BCUT2D eigenvalue weighted by Crippen LogP contribution is 2.29. The van der Waals surface area contributed by atoms with E-state index in [-0.39, 0.29) is 5.91 Å². The van der Waals surface area contributed by atoms with Crippen LogP contribution < -0.4 is 19.6 Å². The van der Waals surface area contributed by atoms with Crippen molar-refractivity contribution in [3.63, 3.8) is 0 Å². The van der Waals surface area contributed by atoms with E-state index >= 15 is 0 Å². The van der Waals surface area contributed by atoms with E-state index in [1.807, 2.05) is 32.0 Å². The smallest absolute Gasteiger partial charge is 0.271 e. The Morgan fingerprint density at radius 1 is 0.971 bits per heavy atom. The quantitative estimate of drug-likeness (QED) is 0.320. The largest absolute Gasteiger partial charge is 0.494 e. The predicted octanol–water partition coefficient (Wildman–Crippen LogP) is 5.09. The molecule has 0 aliphatic rings. The van der Waals surface area contributed by atoms with E-state index in [1.54, 1.807) is 54.7 Å². The highest BCUT2D eigenvalue weighted by Gasteiger charge is 2.08. The number of carbonyl (C=O) groups excluding carboxylic acids is 1. The summed E-state index contributed by atoms with van der Waals surface area (Å²) < 4.78 is 17.1. The number of rotatable bonds is 11. The van der Waals surface area contributed by atoms with Crippen molar-refractivity contribution < 1.29 is 19.0 Å². The van der Waals surface area contributed by atoms with E-state index in [2.05, 4.69) is 16.6 Å². The Kier molecular flexibility index (Phi) is 9.06. The number of benzene rings is 3. The van der Waals surface area contributed by atoms with Gasteiger partial charge < -0.3 is 14.2 Å². The summed E-state index contributed by atoms with van der Waals surface area (Å²) in [5.74, 6) is 1.59. The van der Waals surface area contributed by atoms with E-state index in [1.165, 1.54) is 0 Å². The molecule has 0 saturated carbocycles. The van der Waals surface area contributed by atoms with Gasteiger partial charge in [-0.2, -0.15) is 10.4 Å². The van der Waals surface area contributed by atoms with Gasteiger partial charge in [0.05, 0.1) is 31.1 Å². The molecule has 0 aliphatic carbocycles. The fraction of sp³-hybridized carbons (Fsp3) is 0.222. The Morgan fingerprint density at radius 3 is 2.41 bits per heavy atom. The third-order valence-electron chi connectivity index (χ3n) is 4.71. The van der Waals surface area contributed by atoms with Crippen LogP contribution in [0.4, 0.5) is 0 Å². The fourth-order valence-electron chi connectivity index (χ4n) is 2.98. The van der Waals surface area contributed by atoms with E-state index in [9.17, 15) is 4.79 Å². The summed E-state index contributed by atoms with van der Waals surface area (Å²) in [5.41, 5.74) is 5.31. The van der Waals surface area contributed by atoms with Gasteiger partial charge in [-0.1, -0.05) is 19.1 Å². The van der Waals surface area contributed by atoms with Gasteiger partial charge >= 0.3 is 0 Å². The molecule has 0 bridgehead atoms. The molecule has 1 amide bonds. The summed E-state index contributed by atoms with van der Waals surface area (Å²) >= 11 is 0. The molecular formula is C27H27N3O4. The molecule has 0 aliphatic heterocycles. The second-order valence-corrected chi connectivity index (χ2v) is 7.31. The average Bonchev–Trinajstić information content (AvgIpc) is 2.87. The molecule has 3 aromatic rings. The number of nitrogens with zero attached hydrogens (tertiary/aromatic N) is 2. The van der Waals surface area contributed by atoms with Crippen molar-refractivity contribution in [3.05, 3.63) is 89.0 Å². The fourth-order valence-corrected chi connectivity index (χ4v) is 2.98. The molecule has 0 fully saturated rings. The molecule has 0 aromatic heterocycles. The van der Waals surface area contributed by atoms with Crippen LogP contribution in [0.15, 0.2) is 71.8 Å². The summed E-state index contributed by atoms with van der Waals surface area (Å²) in [7, 11) is 0. The molecule has 7 nitrogen and oxygen atoms in total. The van der Waals surface area contributed by atoms with E-state index in [0.29, 0.717) is 42.4 Å². The van der Waals surface area contributed by atoms with E-state index < -0.39 is 0 Å². The van der Waals surface area contributed by atoms with Gasteiger partial charge in [-0.25, -0.2) is 5.43 Å². The van der Waals surface area contributed by atoms with Crippen LogP contribution in [0.2, 0.25) is 0 Å². The zero-order valence-corrected chi connectivity index (χ0v) is 19.3. The summed E-state index contributed by atoms with van der Waals surface area (Å²) in [6.07, 6.45) is 2.47. The zero-order valence-electron chi connectivity index (χ0n) is 19.3. The van der Waals surface area contributed by atoms with Crippen LogP contribution in [0.5, 0.6) is 17.2 Å². The lowest BCUT2D eigenvalue weighted by atomic mass is 10.1. The van der Waals surface area contributed by atoms with Crippen LogP contribution in [0, 0.1) is 11.3 Å². The summed E-state index contributed by atoms with van der Waals surface area (Å²) in [5, 5.41) is 13.0. The highest BCUT2D eigenvalue weighted by molar-refractivity contribution is 5.95. The maximum Gasteiger partial charge on any atom is 0.271 e. The van der Waals surface area contributed by atoms with Crippen LogP contribution in [-0.4, -0.2) is 25.3 Å². The van der Waals surface area contributed by atoms with Crippen LogP contribution in [0.1, 0.15) is 47.3 Å². The highest BCUT2D eigenvalue weighted by atomic mass is 16.5. The van der Waals surface area contributed by atoms with Gasteiger partial charge in [-0.05, 0) is 79.1 Å². The van der Waals surface area contributed by atoms with Gasteiger partial charge in [0.2, 0.25) is 0 Å². The lowest BCUT2D eigenvalue weighted by molar-refractivity contribution is 0.0955. The predicted molar refractivity (Wildman–Crippen MR) is 130 cm³/mol. The summed E-state index contributed by atoms with van der Waals surface area (Å²) in [6, 6.07) is 21.7. The topological polar surface area (TPSA) is 92.9 Å². The molecule has 0 atom stereocenters. The molecule has 3 rings (SSSR count). The third-order valence-corrected chi connectivity index (χ3v) is 4.71. The minimum absolute atomic E-state index is 0.314. The average molecular weight is 458 g/mol. The van der Waals surface area contributed by atoms with E-state index in [0.717, 1.165) is 23.3 Å². The van der Waals surface area contributed by atoms with Gasteiger partial charge in [0.25, 0.3) is 5.91 Å². The van der Waals surface area contributed by atoms with Gasteiger partial charge in [0.15, 0.2) is 11.5 Å². The first kappa shape index (κ1) is 24.3. The molecule has 0 unspecified atom stereocenters. The standard InChI is InChI=1S/C27H27N3O4/c1-3-15-33-24-12-10-23(11-13-24)27(31)30-29-18-22-9-14-25(26(16-22)32-4-2)34-19-21-7-5-20(17-28)6-8-21/h5-14,16,18H,3-4,15,19H2,1-2H3,(H,30,31)/b29-18-. The maximum absolute atomic E-state index is 12.3. The molecule has 34 heavy (non-hydrogen) atoms. The van der Waals surface area contributed by atoms with Crippen LogP contribution in [-0.2, 0) is 6.61 Å². The Bertz CT molecular complexity index is 1150. The number of nitriles is 1.